The molecule has 2 rings (SSSR count). The highest BCUT2D eigenvalue weighted by atomic mass is 79.9. The molecule has 2 aromatic rings. The van der Waals surface area contributed by atoms with Gasteiger partial charge in [-0.05, 0) is 30.3 Å². The Morgan fingerprint density at radius 1 is 1.40 bits per heavy atom. The van der Waals surface area contributed by atoms with Gasteiger partial charge in [-0.2, -0.15) is 0 Å². The molecule has 1 aromatic heterocycles. The summed E-state index contributed by atoms with van der Waals surface area (Å²) >= 11 is 9.36. The van der Waals surface area contributed by atoms with Gasteiger partial charge in [0.1, 0.15) is 18.1 Å². The highest BCUT2D eigenvalue weighted by molar-refractivity contribution is 9.10. The van der Waals surface area contributed by atoms with Gasteiger partial charge in [0.05, 0.1) is 10.7 Å². The van der Waals surface area contributed by atoms with Crippen LogP contribution in [0.25, 0.3) is 0 Å². The fraction of sp³-hybridized carbons (Fsp3) is 0.0769. The molecule has 0 aliphatic carbocycles. The minimum atomic E-state index is -0.452. The highest BCUT2D eigenvalue weighted by Gasteiger charge is 2.07. The molecule has 7 heteroatoms. The number of carbonyl (C=O) groups is 1. The summed E-state index contributed by atoms with van der Waals surface area (Å²) in [7, 11) is 0. The van der Waals surface area contributed by atoms with Crippen LogP contribution in [0, 0.1) is 0 Å². The van der Waals surface area contributed by atoms with Crippen LogP contribution >= 0.6 is 27.5 Å². The molecule has 0 bridgehead atoms. The normalized spacial score (nSPS) is 10.2. The van der Waals surface area contributed by atoms with E-state index < -0.39 is 5.91 Å². The molecule has 0 atom stereocenters. The summed E-state index contributed by atoms with van der Waals surface area (Å²) < 4.78 is 6.45. The average molecular weight is 357 g/mol. The molecule has 0 spiro atoms. The molecular formula is C13H11BrClN3O2. The number of nitrogens with zero attached hydrogens (tertiary/aromatic N) is 1. The zero-order valence-corrected chi connectivity index (χ0v) is 12.6. The van der Waals surface area contributed by atoms with Crippen molar-refractivity contribution in [1.29, 1.82) is 0 Å². The Morgan fingerprint density at radius 2 is 2.20 bits per heavy atom. The average Bonchev–Trinajstić information content (AvgIpc) is 2.47. The van der Waals surface area contributed by atoms with E-state index in [2.05, 4.69) is 20.9 Å². The molecular weight excluding hydrogens is 346 g/mol. The molecule has 0 unspecified atom stereocenters. The third-order valence-corrected chi connectivity index (χ3v) is 3.24. The van der Waals surface area contributed by atoms with E-state index in [0.717, 1.165) is 4.47 Å². The Balaban J connectivity index is 2.11. The van der Waals surface area contributed by atoms with Gasteiger partial charge >= 0.3 is 0 Å². The van der Waals surface area contributed by atoms with Gasteiger partial charge in [-0.1, -0.05) is 33.6 Å². The number of benzene rings is 1. The number of hydrogen-bond acceptors (Lipinski definition) is 4. The Morgan fingerprint density at radius 3 is 2.95 bits per heavy atom. The van der Waals surface area contributed by atoms with Crippen molar-refractivity contribution >= 4 is 33.4 Å². The number of ether oxygens (including phenoxy) is 1. The zero-order chi connectivity index (χ0) is 14.5. The summed E-state index contributed by atoms with van der Waals surface area (Å²) in [5.41, 5.74) is 2.86. The number of carbonyl (C=O) groups excluding carboxylic acids is 1. The molecule has 5 nitrogen and oxygen atoms in total. The summed E-state index contributed by atoms with van der Waals surface area (Å²) in [6.45, 7) is 0.196. The molecule has 0 aliphatic heterocycles. The fourth-order valence-corrected chi connectivity index (χ4v) is 2.01. The lowest BCUT2D eigenvalue weighted by Crippen LogP contribution is -2.30. The minimum absolute atomic E-state index is 0.196. The van der Waals surface area contributed by atoms with Crippen LogP contribution in [0.3, 0.4) is 0 Å². The quantitative estimate of drug-likeness (QED) is 0.501. The van der Waals surface area contributed by atoms with Crippen molar-refractivity contribution in [2.75, 3.05) is 0 Å². The van der Waals surface area contributed by atoms with Crippen molar-refractivity contribution in [1.82, 2.24) is 10.4 Å². The van der Waals surface area contributed by atoms with E-state index in [4.69, 9.17) is 22.2 Å². The number of rotatable bonds is 4. The van der Waals surface area contributed by atoms with Crippen molar-refractivity contribution < 1.29 is 9.53 Å². The second-order valence-corrected chi connectivity index (χ2v) is 5.17. The van der Waals surface area contributed by atoms with Gasteiger partial charge in [0.2, 0.25) is 0 Å². The Bertz CT molecular complexity index is 637. The van der Waals surface area contributed by atoms with Crippen LogP contribution in [0.5, 0.6) is 5.75 Å². The highest BCUT2D eigenvalue weighted by Crippen LogP contribution is 2.28. The molecule has 20 heavy (non-hydrogen) atoms. The maximum absolute atomic E-state index is 11.4. The summed E-state index contributed by atoms with van der Waals surface area (Å²) in [4.78, 5) is 15.5. The predicted octanol–water partition coefficient (Wildman–Crippen LogP) is 2.68. The Labute approximate surface area is 129 Å². The Hall–Kier alpha value is -1.63. The van der Waals surface area contributed by atoms with Gasteiger partial charge in [-0.15, -0.1) is 0 Å². The first-order valence-electron chi connectivity index (χ1n) is 5.65. The van der Waals surface area contributed by atoms with E-state index in [-0.39, 0.29) is 12.3 Å². The largest absolute Gasteiger partial charge is 0.486 e. The van der Waals surface area contributed by atoms with Gasteiger partial charge in [0.25, 0.3) is 5.91 Å². The molecule has 0 radical (unpaired) electrons. The van der Waals surface area contributed by atoms with Gasteiger partial charge in [0.15, 0.2) is 0 Å². The second kappa shape index (κ2) is 6.69. The van der Waals surface area contributed by atoms with Crippen LogP contribution in [0.4, 0.5) is 0 Å². The van der Waals surface area contributed by atoms with E-state index >= 15 is 0 Å². The molecule has 1 amide bonds. The summed E-state index contributed by atoms with van der Waals surface area (Å²) in [6.07, 6.45) is 0. The van der Waals surface area contributed by atoms with Crippen LogP contribution < -0.4 is 16.0 Å². The second-order valence-electron chi connectivity index (χ2n) is 3.85. The Kier molecular flexibility index (Phi) is 4.94. The topological polar surface area (TPSA) is 77.2 Å². The maximum atomic E-state index is 11.4. The number of nitrogen functional groups attached to an aromatic ring is 1. The van der Waals surface area contributed by atoms with E-state index in [1.165, 1.54) is 0 Å². The van der Waals surface area contributed by atoms with Gasteiger partial charge in [-0.3, -0.25) is 10.2 Å². The monoisotopic (exact) mass is 355 g/mol. The summed E-state index contributed by atoms with van der Waals surface area (Å²) in [5.74, 6) is 5.15. The summed E-state index contributed by atoms with van der Waals surface area (Å²) in [5, 5.41) is 0.504. The number of hydrogen-bond donors (Lipinski definition) is 2. The molecule has 1 aromatic carbocycles. The number of hydrazine groups is 1. The van der Waals surface area contributed by atoms with Crippen LogP contribution in [0.15, 0.2) is 40.9 Å². The van der Waals surface area contributed by atoms with Crippen LogP contribution in [0.1, 0.15) is 16.2 Å². The lowest BCUT2D eigenvalue weighted by molar-refractivity contribution is 0.0948. The first kappa shape index (κ1) is 14.8. The van der Waals surface area contributed by atoms with Crippen molar-refractivity contribution in [3.8, 4) is 5.75 Å². The maximum Gasteiger partial charge on any atom is 0.283 e. The van der Waals surface area contributed by atoms with Crippen LogP contribution in [-0.2, 0) is 6.61 Å². The van der Waals surface area contributed by atoms with Crippen molar-refractivity contribution in [3.63, 3.8) is 0 Å². The lowest BCUT2D eigenvalue weighted by Gasteiger charge is -2.08. The van der Waals surface area contributed by atoms with E-state index in [1.54, 1.807) is 30.3 Å². The number of aromatic nitrogens is 1. The number of amides is 1. The molecule has 0 saturated carbocycles. The molecule has 1 heterocycles. The van der Waals surface area contributed by atoms with Crippen molar-refractivity contribution in [2.24, 2.45) is 5.84 Å². The number of nitrogens with two attached hydrogens (primary N) is 1. The standard InChI is InChI=1S/C13H11BrClN3O2/c14-8-4-5-10(15)12(6-8)20-7-9-2-1-3-11(17-9)13(19)18-16/h1-6H,7,16H2,(H,18,19). The lowest BCUT2D eigenvalue weighted by atomic mass is 10.3. The fourth-order valence-electron chi connectivity index (χ4n) is 1.50. The van der Waals surface area contributed by atoms with Crippen molar-refractivity contribution in [2.45, 2.75) is 6.61 Å². The van der Waals surface area contributed by atoms with Gasteiger partial charge in [-0.25, -0.2) is 10.8 Å². The van der Waals surface area contributed by atoms with Crippen molar-refractivity contribution in [3.05, 3.63) is 57.3 Å². The van der Waals surface area contributed by atoms with Crippen LogP contribution in [0.2, 0.25) is 5.02 Å². The SMILES string of the molecule is NNC(=O)c1cccc(COc2cc(Br)ccc2Cl)n1. The minimum Gasteiger partial charge on any atom is -0.486 e. The smallest absolute Gasteiger partial charge is 0.283 e. The third kappa shape index (κ3) is 3.69. The van der Waals surface area contributed by atoms with E-state index in [9.17, 15) is 4.79 Å². The molecule has 0 saturated heterocycles. The predicted molar refractivity (Wildman–Crippen MR) is 79.4 cm³/mol. The van der Waals surface area contributed by atoms with Gasteiger partial charge in [0, 0.05) is 4.47 Å². The molecule has 104 valence electrons. The first-order chi connectivity index (χ1) is 9.60. The van der Waals surface area contributed by atoms with Crippen LogP contribution in [-0.4, -0.2) is 10.9 Å². The molecule has 0 fully saturated rings. The van der Waals surface area contributed by atoms with Gasteiger partial charge < -0.3 is 4.74 Å². The number of halogens is 2. The molecule has 3 N–H and O–H groups in total. The number of nitrogens with one attached hydrogen (secondary N) is 1. The summed E-state index contributed by atoms with van der Waals surface area (Å²) in [6, 6.07) is 10.3. The third-order valence-electron chi connectivity index (χ3n) is 2.44. The van der Waals surface area contributed by atoms with E-state index in [0.29, 0.717) is 16.5 Å². The zero-order valence-electron chi connectivity index (χ0n) is 10.3. The van der Waals surface area contributed by atoms with E-state index in [1.807, 2.05) is 11.5 Å². The molecule has 0 aliphatic rings. The first-order valence-corrected chi connectivity index (χ1v) is 6.82. The number of pyridine rings is 1.